The van der Waals surface area contributed by atoms with Gasteiger partial charge in [-0.25, -0.2) is 4.98 Å². The van der Waals surface area contributed by atoms with Crippen LogP contribution in [0.3, 0.4) is 0 Å². The summed E-state index contributed by atoms with van der Waals surface area (Å²) in [7, 11) is 0. The minimum absolute atomic E-state index is 0.000988. The standard InChI is InChI=1S/C22H25N3OS2/c1-14(2)25-21(26)19(28-22(25)27)13-17-12-16-11-15(3)7-8-18(16)23-20(17)24-9-5-4-6-10-24/h7-8,11-14H,4-6,9-10H2,1-3H3/b19-13-. The van der Waals surface area contributed by atoms with E-state index in [9.17, 15) is 4.79 Å². The smallest absolute Gasteiger partial charge is 0.266 e. The van der Waals surface area contributed by atoms with Gasteiger partial charge in [0.15, 0.2) is 0 Å². The number of aromatic nitrogens is 1. The molecule has 2 aliphatic rings. The second-order valence-corrected chi connectivity index (χ2v) is 9.47. The minimum atomic E-state index is -0.000988. The molecule has 3 heterocycles. The Morgan fingerprint density at radius 2 is 1.93 bits per heavy atom. The van der Waals surface area contributed by atoms with Crippen LogP contribution in [-0.2, 0) is 4.79 Å². The first-order valence-corrected chi connectivity index (χ1v) is 11.1. The molecule has 0 radical (unpaired) electrons. The number of amides is 1. The van der Waals surface area contributed by atoms with Gasteiger partial charge in [-0.05, 0) is 64.3 Å². The molecule has 0 spiro atoms. The molecule has 28 heavy (non-hydrogen) atoms. The molecule has 1 amide bonds. The second kappa shape index (κ2) is 7.84. The van der Waals surface area contributed by atoms with Crippen LogP contribution in [0.1, 0.15) is 44.2 Å². The Balaban J connectivity index is 1.82. The fourth-order valence-corrected chi connectivity index (χ4v) is 5.35. The van der Waals surface area contributed by atoms with Crippen LogP contribution in [0.4, 0.5) is 5.82 Å². The Labute approximate surface area is 176 Å². The second-order valence-electron chi connectivity index (χ2n) is 7.79. The summed E-state index contributed by atoms with van der Waals surface area (Å²) in [5.74, 6) is 0.977. The normalized spacial score (nSPS) is 19.5. The molecule has 0 unspecified atom stereocenters. The Kier molecular flexibility index (Phi) is 5.43. The molecule has 2 saturated heterocycles. The number of carbonyl (C=O) groups is 1. The average molecular weight is 412 g/mol. The van der Waals surface area contributed by atoms with Crippen molar-refractivity contribution in [2.24, 2.45) is 0 Å². The zero-order valence-corrected chi connectivity index (χ0v) is 18.2. The van der Waals surface area contributed by atoms with Crippen LogP contribution >= 0.6 is 24.0 Å². The van der Waals surface area contributed by atoms with Crippen molar-refractivity contribution in [1.29, 1.82) is 0 Å². The number of rotatable bonds is 3. The highest BCUT2D eigenvalue weighted by Crippen LogP contribution is 2.36. The van der Waals surface area contributed by atoms with Gasteiger partial charge in [0, 0.05) is 30.1 Å². The van der Waals surface area contributed by atoms with Crippen LogP contribution in [0, 0.1) is 6.92 Å². The van der Waals surface area contributed by atoms with Gasteiger partial charge in [-0.3, -0.25) is 9.69 Å². The number of nitrogens with zero attached hydrogens (tertiary/aromatic N) is 3. The predicted octanol–water partition coefficient (Wildman–Crippen LogP) is 5.14. The first-order valence-electron chi connectivity index (χ1n) is 9.87. The zero-order valence-electron chi connectivity index (χ0n) is 16.6. The van der Waals surface area contributed by atoms with E-state index in [2.05, 4.69) is 36.1 Å². The fourth-order valence-electron chi connectivity index (χ4n) is 3.83. The Morgan fingerprint density at radius 1 is 1.18 bits per heavy atom. The van der Waals surface area contributed by atoms with Gasteiger partial charge in [0.05, 0.1) is 10.4 Å². The lowest BCUT2D eigenvalue weighted by molar-refractivity contribution is -0.123. The molecule has 4 nitrogen and oxygen atoms in total. The van der Waals surface area contributed by atoms with Crippen LogP contribution in [0.25, 0.3) is 17.0 Å². The average Bonchev–Trinajstić information content (AvgIpc) is 2.95. The number of fused-ring (bicyclic) bond motifs is 1. The van der Waals surface area contributed by atoms with Crippen molar-refractivity contribution < 1.29 is 4.79 Å². The molecular weight excluding hydrogens is 386 g/mol. The lowest BCUT2D eigenvalue weighted by Crippen LogP contribution is -2.34. The molecule has 2 aliphatic heterocycles. The van der Waals surface area contributed by atoms with E-state index in [4.69, 9.17) is 17.2 Å². The largest absolute Gasteiger partial charge is 0.356 e. The zero-order chi connectivity index (χ0) is 19.8. The molecular formula is C22H25N3OS2. The molecule has 6 heteroatoms. The SMILES string of the molecule is Cc1ccc2nc(N3CCCCC3)c(/C=C3\SC(=S)N(C(C)C)C3=O)cc2c1. The third-order valence-corrected chi connectivity index (χ3v) is 6.59. The molecule has 0 N–H and O–H groups in total. The highest BCUT2D eigenvalue weighted by atomic mass is 32.2. The first-order chi connectivity index (χ1) is 13.4. The number of anilines is 1. The predicted molar refractivity (Wildman–Crippen MR) is 123 cm³/mol. The van der Waals surface area contributed by atoms with Crippen LogP contribution in [0.5, 0.6) is 0 Å². The lowest BCUT2D eigenvalue weighted by Gasteiger charge is -2.29. The Morgan fingerprint density at radius 3 is 2.61 bits per heavy atom. The monoisotopic (exact) mass is 411 g/mol. The number of hydrogen-bond donors (Lipinski definition) is 0. The summed E-state index contributed by atoms with van der Waals surface area (Å²) in [5, 5.41) is 1.10. The van der Waals surface area contributed by atoms with Gasteiger partial charge < -0.3 is 4.90 Å². The maximum atomic E-state index is 12.9. The summed E-state index contributed by atoms with van der Waals surface area (Å²) in [5.41, 5.74) is 3.21. The quantitative estimate of drug-likeness (QED) is 0.516. The van der Waals surface area contributed by atoms with Gasteiger partial charge in [-0.2, -0.15) is 0 Å². The van der Waals surface area contributed by atoms with E-state index >= 15 is 0 Å². The number of thioether (sulfide) groups is 1. The highest BCUT2D eigenvalue weighted by molar-refractivity contribution is 8.26. The Hall–Kier alpha value is -1.92. The number of benzene rings is 1. The van der Waals surface area contributed by atoms with Crippen LogP contribution in [0.2, 0.25) is 0 Å². The molecule has 2 fully saturated rings. The van der Waals surface area contributed by atoms with Crippen LogP contribution < -0.4 is 4.90 Å². The van der Waals surface area contributed by atoms with Gasteiger partial charge in [0.25, 0.3) is 5.91 Å². The Bertz CT molecular complexity index is 977. The number of hydrogen-bond acceptors (Lipinski definition) is 5. The summed E-state index contributed by atoms with van der Waals surface area (Å²) >= 11 is 6.83. The lowest BCUT2D eigenvalue weighted by atomic mass is 10.1. The number of piperidine rings is 1. The maximum absolute atomic E-state index is 12.9. The molecule has 146 valence electrons. The molecule has 2 aromatic rings. The van der Waals surface area contributed by atoms with Gasteiger partial charge in [-0.1, -0.05) is 35.6 Å². The summed E-state index contributed by atoms with van der Waals surface area (Å²) in [4.78, 5) is 22.6. The molecule has 1 aromatic carbocycles. The van der Waals surface area contributed by atoms with E-state index < -0.39 is 0 Å². The first kappa shape index (κ1) is 19.4. The van der Waals surface area contributed by atoms with Crippen molar-refractivity contribution in [1.82, 2.24) is 9.88 Å². The van der Waals surface area contributed by atoms with E-state index in [0.717, 1.165) is 35.4 Å². The topological polar surface area (TPSA) is 36.4 Å². The van der Waals surface area contributed by atoms with Gasteiger partial charge in [-0.15, -0.1) is 0 Å². The molecule has 0 aliphatic carbocycles. The minimum Gasteiger partial charge on any atom is -0.356 e. The van der Waals surface area contributed by atoms with Crippen molar-refractivity contribution in [2.45, 2.75) is 46.1 Å². The van der Waals surface area contributed by atoms with E-state index in [1.54, 1.807) is 4.90 Å². The molecule has 1 aromatic heterocycles. The van der Waals surface area contributed by atoms with Crippen LogP contribution in [-0.4, -0.2) is 39.2 Å². The van der Waals surface area contributed by atoms with Crippen LogP contribution in [0.15, 0.2) is 29.2 Å². The highest BCUT2D eigenvalue weighted by Gasteiger charge is 2.34. The third-order valence-electron chi connectivity index (χ3n) is 5.26. The van der Waals surface area contributed by atoms with Crippen molar-refractivity contribution in [3.8, 4) is 0 Å². The number of carbonyl (C=O) groups excluding carboxylic acids is 1. The van der Waals surface area contributed by atoms with E-state index in [0.29, 0.717) is 9.23 Å². The summed E-state index contributed by atoms with van der Waals surface area (Å²) < 4.78 is 0.635. The van der Waals surface area contributed by atoms with Gasteiger partial charge in [0.1, 0.15) is 10.1 Å². The van der Waals surface area contributed by atoms with E-state index in [-0.39, 0.29) is 11.9 Å². The van der Waals surface area contributed by atoms with Crippen molar-refractivity contribution in [3.63, 3.8) is 0 Å². The summed E-state index contributed by atoms with van der Waals surface area (Å²) in [6.07, 6.45) is 5.62. The molecule has 4 rings (SSSR count). The molecule has 0 bridgehead atoms. The fraction of sp³-hybridized carbons (Fsp3) is 0.409. The van der Waals surface area contributed by atoms with Crippen molar-refractivity contribution in [3.05, 3.63) is 40.3 Å². The van der Waals surface area contributed by atoms with E-state index in [1.165, 1.54) is 36.6 Å². The number of aryl methyl sites for hydroxylation is 1. The van der Waals surface area contributed by atoms with Crippen molar-refractivity contribution in [2.75, 3.05) is 18.0 Å². The maximum Gasteiger partial charge on any atom is 0.266 e. The molecule has 0 saturated carbocycles. The summed E-state index contributed by atoms with van der Waals surface area (Å²) in [6, 6.07) is 8.57. The van der Waals surface area contributed by atoms with Gasteiger partial charge in [0.2, 0.25) is 0 Å². The molecule has 0 atom stereocenters. The van der Waals surface area contributed by atoms with Crippen molar-refractivity contribution >= 4 is 57.0 Å². The number of pyridine rings is 1. The number of thiocarbonyl (C=S) groups is 1. The van der Waals surface area contributed by atoms with E-state index in [1.807, 2.05) is 19.9 Å². The van der Waals surface area contributed by atoms with Gasteiger partial charge >= 0.3 is 0 Å². The third kappa shape index (κ3) is 3.67. The summed E-state index contributed by atoms with van der Waals surface area (Å²) in [6.45, 7) is 8.10.